The predicted octanol–water partition coefficient (Wildman–Crippen LogP) is 3.97. The van der Waals surface area contributed by atoms with E-state index in [0.29, 0.717) is 12.2 Å². The highest BCUT2D eigenvalue weighted by Gasteiger charge is 2.12. The van der Waals surface area contributed by atoms with E-state index < -0.39 is 23.4 Å². The van der Waals surface area contributed by atoms with Gasteiger partial charge in [-0.25, -0.2) is 4.79 Å². The van der Waals surface area contributed by atoms with E-state index in [4.69, 9.17) is 9.47 Å². The summed E-state index contributed by atoms with van der Waals surface area (Å²) < 4.78 is 10.6. The van der Waals surface area contributed by atoms with E-state index in [1.807, 2.05) is 30.3 Å². The summed E-state index contributed by atoms with van der Waals surface area (Å²) >= 11 is 0. The lowest BCUT2D eigenvalue weighted by Crippen LogP contribution is -2.21. The lowest BCUT2D eigenvalue weighted by atomic mass is 10.1. The van der Waals surface area contributed by atoms with Crippen molar-refractivity contribution in [3.63, 3.8) is 0 Å². The summed E-state index contributed by atoms with van der Waals surface area (Å²) in [6, 6.07) is 21.5. The Labute approximate surface area is 172 Å². The molecule has 0 unspecified atom stereocenters. The van der Waals surface area contributed by atoms with Crippen LogP contribution in [0.4, 0.5) is 11.4 Å². The van der Waals surface area contributed by atoms with Gasteiger partial charge in [0.15, 0.2) is 6.61 Å². The predicted molar refractivity (Wildman–Crippen MR) is 109 cm³/mol. The maximum Gasteiger partial charge on any atom is 0.338 e. The number of anilines is 1. The van der Waals surface area contributed by atoms with E-state index in [-0.39, 0.29) is 11.4 Å². The second kappa shape index (κ2) is 9.83. The molecule has 0 aliphatic carbocycles. The standard InChI is InChI=1S/C22H18N2O6/c25-21(23-18-5-4-6-19(13-18)24(27)28)15-30-22(26)17-11-9-16(10-12-17)14-29-20-7-2-1-3-8-20/h1-13H,14-15H2,(H,23,25). The molecule has 0 aliphatic heterocycles. The first-order valence-electron chi connectivity index (χ1n) is 8.99. The van der Waals surface area contributed by atoms with E-state index in [0.717, 1.165) is 11.3 Å². The first kappa shape index (κ1) is 20.5. The molecule has 8 nitrogen and oxygen atoms in total. The summed E-state index contributed by atoms with van der Waals surface area (Å²) in [5.74, 6) is -0.507. The summed E-state index contributed by atoms with van der Waals surface area (Å²) in [5, 5.41) is 13.2. The Morgan fingerprint density at radius 2 is 1.67 bits per heavy atom. The second-order valence-electron chi connectivity index (χ2n) is 6.23. The highest BCUT2D eigenvalue weighted by molar-refractivity contribution is 5.95. The van der Waals surface area contributed by atoms with Crippen molar-refractivity contribution < 1.29 is 24.0 Å². The fourth-order valence-electron chi connectivity index (χ4n) is 2.53. The van der Waals surface area contributed by atoms with E-state index >= 15 is 0 Å². The minimum Gasteiger partial charge on any atom is -0.489 e. The molecule has 8 heteroatoms. The summed E-state index contributed by atoms with van der Waals surface area (Å²) in [6.07, 6.45) is 0. The van der Waals surface area contributed by atoms with Gasteiger partial charge in [-0.3, -0.25) is 14.9 Å². The Morgan fingerprint density at radius 1 is 0.933 bits per heavy atom. The second-order valence-corrected chi connectivity index (χ2v) is 6.23. The number of rotatable bonds is 8. The zero-order chi connectivity index (χ0) is 21.3. The fraction of sp³-hybridized carbons (Fsp3) is 0.0909. The van der Waals surface area contributed by atoms with E-state index in [1.165, 1.54) is 24.3 Å². The molecule has 0 spiro atoms. The average Bonchev–Trinajstić information content (AvgIpc) is 2.77. The van der Waals surface area contributed by atoms with Crippen molar-refractivity contribution >= 4 is 23.3 Å². The van der Waals surface area contributed by atoms with Crippen LogP contribution in [0, 0.1) is 10.1 Å². The average molecular weight is 406 g/mol. The smallest absolute Gasteiger partial charge is 0.338 e. The van der Waals surface area contributed by atoms with Gasteiger partial charge in [0.2, 0.25) is 0 Å². The van der Waals surface area contributed by atoms with E-state index in [2.05, 4.69) is 5.32 Å². The highest BCUT2D eigenvalue weighted by atomic mass is 16.6. The van der Waals surface area contributed by atoms with Gasteiger partial charge in [-0.05, 0) is 35.9 Å². The van der Waals surface area contributed by atoms with Gasteiger partial charge in [-0.1, -0.05) is 36.4 Å². The number of carbonyl (C=O) groups is 2. The number of ether oxygens (including phenoxy) is 2. The number of para-hydroxylation sites is 1. The number of benzene rings is 3. The number of hydrogen-bond donors (Lipinski definition) is 1. The molecule has 0 aromatic heterocycles. The summed E-state index contributed by atoms with van der Waals surface area (Å²) in [5.41, 5.74) is 1.26. The number of carbonyl (C=O) groups excluding carboxylic acids is 2. The first-order chi connectivity index (χ1) is 14.5. The van der Waals surface area contributed by atoms with Crippen molar-refractivity contribution in [2.75, 3.05) is 11.9 Å². The third-order valence-corrected chi connectivity index (χ3v) is 4.01. The molecule has 152 valence electrons. The third-order valence-electron chi connectivity index (χ3n) is 4.01. The van der Waals surface area contributed by atoms with Crippen LogP contribution in [0.15, 0.2) is 78.9 Å². The molecule has 0 fully saturated rings. The van der Waals surface area contributed by atoms with Crippen LogP contribution in [0.1, 0.15) is 15.9 Å². The molecule has 3 rings (SSSR count). The third kappa shape index (κ3) is 5.90. The molecular formula is C22H18N2O6. The van der Waals surface area contributed by atoms with Crippen molar-refractivity contribution in [1.82, 2.24) is 0 Å². The number of non-ortho nitro benzene ring substituents is 1. The van der Waals surface area contributed by atoms with Crippen LogP contribution in [0.5, 0.6) is 5.75 Å². The van der Waals surface area contributed by atoms with Crippen molar-refractivity contribution in [1.29, 1.82) is 0 Å². The van der Waals surface area contributed by atoms with Crippen molar-refractivity contribution in [2.24, 2.45) is 0 Å². The number of nitro groups is 1. The number of amides is 1. The van der Waals surface area contributed by atoms with E-state index in [1.54, 1.807) is 24.3 Å². The number of esters is 1. The topological polar surface area (TPSA) is 108 Å². The zero-order valence-electron chi connectivity index (χ0n) is 15.8. The van der Waals surface area contributed by atoms with Gasteiger partial charge in [0.05, 0.1) is 10.5 Å². The number of nitrogens with one attached hydrogen (secondary N) is 1. The molecule has 0 aliphatic rings. The lowest BCUT2D eigenvalue weighted by Gasteiger charge is -2.08. The van der Waals surface area contributed by atoms with Gasteiger partial charge < -0.3 is 14.8 Å². The maximum atomic E-state index is 12.1. The highest BCUT2D eigenvalue weighted by Crippen LogP contribution is 2.17. The van der Waals surface area contributed by atoms with Crippen LogP contribution in [0.3, 0.4) is 0 Å². The van der Waals surface area contributed by atoms with Gasteiger partial charge in [0.25, 0.3) is 11.6 Å². The molecule has 0 saturated carbocycles. The molecule has 3 aromatic rings. The number of hydrogen-bond acceptors (Lipinski definition) is 6. The quantitative estimate of drug-likeness (QED) is 0.345. The molecule has 0 atom stereocenters. The van der Waals surface area contributed by atoms with Gasteiger partial charge in [0.1, 0.15) is 12.4 Å². The normalized spacial score (nSPS) is 10.1. The zero-order valence-corrected chi connectivity index (χ0v) is 15.8. The minimum atomic E-state index is -0.653. The van der Waals surface area contributed by atoms with Crippen molar-refractivity contribution in [2.45, 2.75) is 6.61 Å². The fourth-order valence-corrected chi connectivity index (χ4v) is 2.53. The Morgan fingerprint density at radius 3 is 2.37 bits per heavy atom. The van der Waals surface area contributed by atoms with Crippen LogP contribution in [0.25, 0.3) is 0 Å². The molecule has 1 amide bonds. The van der Waals surface area contributed by atoms with Crippen molar-refractivity contribution in [3.05, 3.63) is 100 Å². The van der Waals surface area contributed by atoms with Gasteiger partial charge in [-0.2, -0.15) is 0 Å². The molecule has 0 radical (unpaired) electrons. The molecule has 3 aromatic carbocycles. The molecule has 1 N–H and O–H groups in total. The lowest BCUT2D eigenvalue weighted by molar-refractivity contribution is -0.384. The SMILES string of the molecule is O=C(COC(=O)c1ccc(COc2ccccc2)cc1)Nc1cccc([N+](=O)[O-])c1. The van der Waals surface area contributed by atoms with Crippen molar-refractivity contribution in [3.8, 4) is 5.75 Å². The summed E-state index contributed by atoms with van der Waals surface area (Å²) in [7, 11) is 0. The van der Waals surface area contributed by atoms with Crippen LogP contribution >= 0.6 is 0 Å². The van der Waals surface area contributed by atoms with Crippen LogP contribution < -0.4 is 10.1 Å². The number of nitro benzene ring substituents is 1. The first-order valence-corrected chi connectivity index (χ1v) is 8.99. The molecule has 0 bridgehead atoms. The molecule has 0 heterocycles. The maximum absolute atomic E-state index is 12.1. The van der Waals surface area contributed by atoms with Gasteiger partial charge >= 0.3 is 5.97 Å². The number of nitrogens with zero attached hydrogens (tertiary/aromatic N) is 1. The Balaban J connectivity index is 1.48. The Hall–Kier alpha value is -4.20. The largest absolute Gasteiger partial charge is 0.489 e. The summed E-state index contributed by atoms with van der Waals surface area (Å²) in [4.78, 5) is 34.2. The minimum absolute atomic E-state index is 0.152. The Bertz CT molecular complexity index is 1040. The van der Waals surface area contributed by atoms with Crippen LogP contribution in [-0.4, -0.2) is 23.4 Å². The molecular weight excluding hydrogens is 388 g/mol. The van der Waals surface area contributed by atoms with Gasteiger partial charge in [0, 0.05) is 17.8 Å². The van der Waals surface area contributed by atoms with Gasteiger partial charge in [-0.15, -0.1) is 0 Å². The monoisotopic (exact) mass is 406 g/mol. The Kier molecular flexibility index (Phi) is 6.73. The van der Waals surface area contributed by atoms with Crippen LogP contribution in [0.2, 0.25) is 0 Å². The molecule has 0 saturated heterocycles. The summed E-state index contributed by atoms with van der Waals surface area (Å²) in [6.45, 7) is -0.161. The molecule has 30 heavy (non-hydrogen) atoms. The van der Waals surface area contributed by atoms with E-state index in [9.17, 15) is 19.7 Å². The van der Waals surface area contributed by atoms with Crippen LogP contribution in [-0.2, 0) is 16.1 Å².